The Balaban J connectivity index is 1.84. The lowest BCUT2D eigenvalue weighted by Crippen LogP contribution is -2.33. The van der Waals surface area contributed by atoms with Gasteiger partial charge in [0, 0.05) is 13.0 Å². The minimum absolute atomic E-state index is 0.0622. The molecule has 5 nitrogen and oxygen atoms in total. The van der Waals surface area contributed by atoms with Gasteiger partial charge in [0.15, 0.2) is 0 Å². The number of amides is 1. The maximum Gasteiger partial charge on any atom is 0.337 e. The summed E-state index contributed by atoms with van der Waals surface area (Å²) in [6.45, 7) is 2.81. The Hall–Kier alpha value is -2.14. The highest BCUT2D eigenvalue weighted by molar-refractivity contribution is 5.89. The molecule has 1 aliphatic heterocycles. The molecular weight excluding hydrogens is 354 g/mol. The van der Waals surface area contributed by atoms with E-state index >= 15 is 0 Å². The Morgan fingerprint density at radius 1 is 1.29 bits per heavy atom. The van der Waals surface area contributed by atoms with Crippen molar-refractivity contribution in [2.75, 3.05) is 13.7 Å². The standard InChI is InChI=1S/C23H33NO4/c1-3-4-5-6-7-21(25)14-12-20-13-15-22(26)24(20)17-16-18-8-10-19(11-9-18)23(27)28-2/h8-12,14,20-21,25H,3-7,13,15-17H2,1-2H3/t20-,21-/m0/s1. The van der Waals surface area contributed by atoms with E-state index in [1.165, 1.54) is 20.0 Å². The maximum atomic E-state index is 12.2. The van der Waals surface area contributed by atoms with Crippen molar-refractivity contribution in [2.24, 2.45) is 0 Å². The molecule has 1 fully saturated rings. The van der Waals surface area contributed by atoms with Crippen LogP contribution in [0.3, 0.4) is 0 Å². The summed E-state index contributed by atoms with van der Waals surface area (Å²) in [6, 6.07) is 7.36. The molecule has 1 aromatic rings. The number of aliphatic hydroxyl groups is 1. The van der Waals surface area contributed by atoms with Gasteiger partial charge in [-0.05, 0) is 37.0 Å². The lowest BCUT2D eigenvalue weighted by molar-refractivity contribution is -0.128. The normalized spacial score (nSPS) is 18.0. The molecule has 0 aliphatic carbocycles. The van der Waals surface area contributed by atoms with Gasteiger partial charge in [-0.1, -0.05) is 56.9 Å². The van der Waals surface area contributed by atoms with Gasteiger partial charge in [0.25, 0.3) is 0 Å². The van der Waals surface area contributed by atoms with Crippen molar-refractivity contribution in [3.8, 4) is 0 Å². The van der Waals surface area contributed by atoms with Crippen LogP contribution in [0.25, 0.3) is 0 Å². The molecule has 0 unspecified atom stereocenters. The summed E-state index contributed by atoms with van der Waals surface area (Å²) >= 11 is 0. The Morgan fingerprint density at radius 2 is 2.04 bits per heavy atom. The largest absolute Gasteiger partial charge is 0.465 e. The molecule has 1 heterocycles. The topological polar surface area (TPSA) is 66.8 Å². The number of hydrogen-bond donors (Lipinski definition) is 1. The zero-order valence-corrected chi connectivity index (χ0v) is 17.1. The van der Waals surface area contributed by atoms with Gasteiger partial charge in [0.1, 0.15) is 0 Å². The molecule has 5 heteroatoms. The third-order valence-electron chi connectivity index (χ3n) is 5.30. The maximum absolute atomic E-state index is 12.2. The summed E-state index contributed by atoms with van der Waals surface area (Å²) < 4.78 is 4.71. The van der Waals surface area contributed by atoms with E-state index in [0.717, 1.165) is 37.7 Å². The molecule has 28 heavy (non-hydrogen) atoms. The highest BCUT2D eigenvalue weighted by Gasteiger charge is 2.28. The van der Waals surface area contributed by atoms with Gasteiger partial charge >= 0.3 is 5.97 Å². The van der Waals surface area contributed by atoms with Gasteiger partial charge in [-0.2, -0.15) is 0 Å². The third-order valence-corrected chi connectivity index (χ3v) is 5.30. The average molecular weight is 388 g/mol. The van der Waals surface area contributed by atoms with E-state index in [9.17, 15) is 14.7 Å². The number of aliphatic hydroxyl groups excluding tert-OH is 1. The smallest absolute Gasteiger partial charge is 0.337 e. The fraction of sp³-hybridized carbons (Fsp3) is 0.565. The van der Waals surface area contributed by atoms with E-state index in [0.29, 0.717) is 18.5 Å². The van der Waals surface area contributed by atoms with E-state index in [2.05, 4.69) is 6.92 Å². The molecule has 1 N–H and O–H groups in total. The zero-order valence-electron chi connectivity index (χ0n) is 17.1. The number of ether oxygens (including phenoxy) is 1. The molecule has 0 bridgehead atoms. The summed E-state index contributed by atoms with van der Waals surface area (Å²) in [5.74, 6) is -0.182. The highest BCUT2D eigenvalue weighted by Crippen LogP contribution is 2.21. The van der Waals surface area contributed by atoms with Crippen LogP contribution >= 0.6 is 0 Å². The first-order valence-electron chi connectivity index (χ1n) is 10.4. The number of carbonyl (C=O) groups excluding carboxylic acids is 2. The molecule has 0 saturated carbocycles. The Kier molecular flexibility index (Phi) is 9.21. The number of esters is 1. The predicted molar refractivity (Wildman–Crippen MR) is 110 cm³/mol. The monoisotopic (exact) mass is 387 g/mol. The number of carbonyl (C=O) groups is 2. The molecule has 0 radical (unpaired) electrons. The highest BCUT2D eigenvalue weighted by atomic mass is 16.5. The second-order valence-corrected chi connectivity index (χ2v) is 7.43. The Labute approximate surface area is 168 Å². The zero-order chi connectivity index (χ0) is 20.4. The van der Waals surface area contributed by atoms with Gasteiger partial charge in [0.2, 0.25) is 5.91 Å². The first-order valence-corrected chi connectivity index (χ1v) is 10.4. The lowest BCUT2D eigenvalue weighted by atomic mass is 10.1. The van der Waals surface area contributed by atoms with E-state index in [1.807, 2.05) is 29.2 Å². The number of methoxy groups -OCH3 is 1. The fourth-order valence-electron chi connectivity index (χ4n) is 3.55. The number of nitrogens with zero attached hydrogens (tertiary/aromatic N) is 1. The third kappa shape index (κ3) is 6.79. The molecular formula is C23H33NO4. The molecule has 0 spiro atoms. The van der Waals surface area contributed by atoms with Crippen molar-refractivity contribution in [1.82, 2.24) is 4.90 Å². The lowest BCUT2D eigenvalue weighted by Gasteiger charge is -2.23. The SMILES string of the molecule is CCCCCC[C@H](O)C=C[C@H]1CCC(=O)N1CCc1ccc(C(=O)OC)cc1. The first kappa shape index (κ1) is 22.2. The van der Waals surface area contributed by atoms with Crippen molar-refractivity contribution in [3.05, 3.63) is 47.5 Å². The van der Waals surface area contributed by atoms with Crippen LogP contribution in [-0.2, 0) is 16.0 Å². The van der Waals surface area contributed by atoms with E-state index < -0.39 is 6.10 Å². The Bertz CT molecular complexity index is 653. The van der Waals surface area contributed by atoms with Crippen LogP contribution in [0.15, 0.2) is 36.4 Å². The minimum Gasteiger partial charge on any atom is -0.465 e. The van der Waals surface area contributed by atoms with Crippen molar-refractivity contribution < 1.29 is 19.4 Å². The molecule has 1 amide bonds. The van der Waals surface area contributed by atoms with Crippen LogP contribution in [0.5, 0.6) is 0 Å². The first-order chi connectivity index (χ1) is 13.5. The molecule has 2 rings (SSSR count). The van der Waals surface area contributed by atoms with Gasteiger partial charge in [-0.3, -0.25) is 4.79 Å². The van der Waals surface area contributed by atoms with Gasteiger partial charge in [-0.15, -0.1) is 0 Å². The second kappa shape index (κ2) is 11.6. The number of unbranched alkanes of at least 4 members (excludes halogenated alkanes) is 3. The van der Waals surface area contributed by atoms with Gasteiger partial charge < -0.3 is 14.7 Å². The number of rotatable bonds is 11. The quantitative estimate of drug-likeness (QED) is 0.355. The van der Waals surface area contributed by atoms with Crippen LogP contribution in [0.1, 0.15) is 67.8 Å². The Morgan fingerprint density at radius 3 is 2.71 bits per heavy atom. The summed E-state index contributed by atoms with van der Waals surface area (Å²) in [5.41, 5.74) is 1.60. The molecule has 1 aromatic carbocycles. The van der Waals surface area contributed by atoms with Crippen LogP contribution in [0.4, 0.5) is 0 Å². The summed E-state index contributed by atoms with van der Waals surface area (Å²) in [5, 5.41) is 10.1. The van der Waals surface area contributed by atoms with Gasteiger partial charge in [0.05, 0.1) is 24.8 Å². The number of likely N-dealkylation sites (tertiary alicyclic amines) is 1. The van der Waals surface area contributed by atoms with Crippen molar-refractivity contribution in [1.29, 1.82) is 0 Å². The average Bonchev–Trinajstić information content (AvgIpc) is 3.07. The number of benzene rings is 1. The summed E-state index contributed by atoms with van der Waals surface area (Å²) in [7, 11) is 1.37. The fourth-order valence-corrected chi connectivity index (χ4v) is 3.55. The predicted octanol–water partition coefficient (Wildman–Crippen LogP) is 3.89. The van der Waals surface area contributed by atoms with E-state index in [-0.39, 0.29) is 17.9 Å². The minimum atomic E-state index is -0.430. The van der Waals surface area contributed by atoms with Crippen molar-refractivity contribution >= 4 is 11.9 Å². The van der Waals surface area contributed by atoms with Crippen LogP contribution in [0, 0.1) is 0 Å². The molecule has 1 saturated heterocycles. The summed E-state index contributed by atoms with van der Waals surface area (Å²) in [6.07, 6.45) is 10.9. The molecule has 2 atom stereocenters. The molecule has 154 valence electrons. The molecule has 0 aromatic heterocycles. The van der Waals surface area contributed by atoms with E-state index in [4.69, 9.17) is 4.74 Å². The molecule has 1 aliphatic rings. The van der Waals surface area contributed by atoms with Crippen molar-refractivity contribution in [3.63, 3.8) is 0 Å². The van der Waals surface area contributed by atoms with E-state index in [1.54, 1.807) is 12.1 Å². The van der Waals surface area contributed by atoms with Gasteiger partial charge in [-0.25, -0.2) is 4.79 Å². The summed E-state index contributed by atoms with van der Waals surface area (Å²) in [4.78, 5) is 25.6. The van der Waals surface area contributed by atoms with Crippen LogP contribution < -0.4 is 0 Å². The van der Waals surface area contributed by atoms with Crippen LogP contribution in [0.2, 0.25) is 0 Å². The van der Waals surface area contributed by atoms with Crippen molar-refractivity contribution in [2.45, 2.75) is 70.4 Å². The second-order valence-electron chi connectivity index (χ2n) is 7.43. The van der Waals surface area contributed by atoms with Crippen LogP contribution in [-0.4, -0.2) is 47.7 Å². The number of hydrogen-bond acceptors (Lipinski definition) is 4.